The van der Waals surface area contributed by atoms with Gasteiger partial charge < -0.3 is 9.80 Å². The zero-order valence-corrected chi connectivity index (χ0v) is 12.8. The first-order chi connectivity index (χ1) is 9.08. The van der Waals surface area contributed by atoms with Crippen LogP contribution >= 0.6 is 11.8 Å². The number of aryl methyl sites for hydroxylation is 1. The van der Waals surface area contributed by atoms with E-state index in [-0.39, 0.29) is 11.3 Å². The van der Waals surface area contributed by atoms with Gasteiger partial charge in [-0.15, -0.1) is 11.8 Å². The Labute approximate surface area is 120 Å². The number of benzene rings is 1. The molecule has 1 heterocycles. The lowest BCUT2D eigenvalue weighted by Gasteiger charge is -2.24. The topological polar surface area (TPSA) is 24.8 Å². The quantitative estimate of drug-likeness (QED) is 0.873. The first kappa shape index (κ1) is 14.4. The van der Waals surface area contributed by atoms with Crippen molar-refractivity contribution in [2.24, 2.45) is 0 Å². The van der Waals surface area contributed by atoms with E-state index in [0.717, 1.165) is 19.5 Å². The molecule has 19 heavy (non-hydrogen) atoms. The lowest BCUT2D eigenvalue weighted by Crippen LogP contribution is -3.05. The molecule has 104 valence electrons. The van der Waals surface area contributed by atoms with Crippen LogP contribution in [-0.2, 0) is 4.79 Å². The van der Waals surface area contributed by atoms with Gasteiger partial charge in [-0.2, -0.15) is 0 Å². The van der Waals surface area contributed by atoms with Crippen LogP contribution < -0.4 is 4.90 Å². The van der Waals surface area contributed by atoms with E-state index in [2.05, 4.69) is 45.3 Å². The maximum absolute atomic E-state index is 12.0. The molecule has 2 rings (SSSR count). The molecule has 0 unspecified atom stereocenters. The van der Waals surface area contributed by atoms with Gasteiger partial charge in [0, 0.05) is 13.0 Å². The van der Waals surface area contributed by atoms with Crippen molar-refractivity contribution in [1.29, 1.82) is 0 Å². The molecule has 4 heteroatoms. The van der Waals surface area contributed by atoms with E-state index in [1.807, 2.05) is 4.90 Å². The van der Waals surface area contributed by atoms with Crippen LogP contribution in [0.3, 0.4) is 0 Å². The second kappa shape index (κ2) is 6.44. The molecule has 0 saturated carbocycles. The summed E-state index contributed by atoms with van der Waals surface area (Å²) in [6, 6.07) is 8.55. The van der Waals surface area contributed by atoms with Crippen LogP contribution in [0.2, 0.25) is 0 Å². The number of rotatable bonds is 5. The summed E-state index contributed by atoms with van der Waals surface area (Å²) in [5, 5.41) is 0.213. The maximum Gasteiger partial charge on any atom is 0.233 e. The van der Waals surface area contributed by atoms with Gasteiger partial charge in [-0.05, 0) is 12.5 Å². The molecule has 1 aromatic carbocycles. The number of thioether (sulfide) groups is 1. The molecule has 1 saturated heterocycles. The lowest BCUT2D eigenvalue weighted by molar-refractivity contribution is -0.858. The van der Waals surface area contributed by atoms with E-state index in [1.165, 1.54) is 16.0 Å². The van der Waals surface area contributed by atoms with E-state index in [1.54, 1.807) is 11.8 Å². The normalized spacial score (nSPS) is 19.5. The molecule has 1 aliphatic heterocycles. The van der Waals surface area contributed by atoms with E-state index in [0.29, 0.717) is 5.75 Å². The second-order valence-corrected chi connectivity index (χ2v) is 6.54. The summed E-state index contributed by atoms with van der Waals surface area (Å²) in [6.45, 7) is 4.07. The Hall–Kier alpha value is -1.00. The summed E-state index contributed by atoms with van der Waals surface area (Å²) in [5.74, 6) is 0.900. The molecule has 1 aliphatic rings. The monoisotopic (exact) mass is 279 g/mol. The number of nitrogens with zero attached hydrogens (tertiary/aromatic N) is 1. The fourth-order valence-electron chi connectivity index (χ4n) is 2.31. The zero-order chi connectivity index (χ0) is 13.8. The third-order valence-corrected chi connectivity index (χ3v) is 4.66. The Balaban J connectivity index is 2.02. The Morgan fingerprint density at radius 2 is 2.00 bits per heavy atom. The van der Waals surface area contributed by atoms with Crippen molar-refractivity contribution >= 4 is 17.7 Å². The van der Waals surface area contributed by atoms with E-state index in [4.69, 9.17) is 0 Å². The molecule has 0 bridgehead atoms. The number of quaternary nitrogens is 1. The highest BCUT2D eigenvalue weighted by atomic mass is 32.2. The molecule has 1 aromatic rings. The van der Waals surface area contributed by atoms with Gasteiger partial charge in [-0.25, -0.2) is 0 Å². The highest BCUT2D eigenvalue weighted by molar-refractivity contribution is 8.00. The summed E-state index contributed by atoms with van der Waals surface area (Å²) in [4.78, 5) is 15.5. The third-order valence-electron chi connectivity index (χ3n) is 3.41. The number of hydrogen-bond donors (Lipinski definition) is 1. The predicted octanol–water partition coefficient (Wildman–Crippen LogP) is 1.10. The molecular formula is C15H23N2OS+. The summed E-state index contributed by atoms with van der Waals surface area (Å²) in [5.41, 5.74) is 2.51. The minimum atomic E-state index is 0.213. The standard InChI is InChI=1S/C15H22N2OS/c1-12-5-7-13(8-6-12)15-17(14(18)11-19-15)10-4-9-16(2)3/h5-8,15H,4,9-11H2,1-3H3/p+1/t15-/m0/s1. The minimum Gasteiger partial charge on any atom is -0.340 e. The van der Waals surface area contributed by atoms with Crippen LogP contribution in [0, 0.1) is 6.92 Å². The van der Waals surface area contributed by atoms with Crippen molar-refractivity contribution in [1.82, 2.24) is 4.90 Å². The van der Waals surface area contributed by atoms with Crippen molar-refractivity contribution < 1.29 is 9.69 Å². The van der Waals surface area contributed by atoms with Gasteiger partial charge in [0.15, 0.2) is 0 Å². The van der Waals surface area contributed by atoms with Crippen LogP contribution in [0.1, 0.15) is 22.9 Å². The molecule has 0 spiro atoms. The molecule has 1 amide bonds. The van der Waals surface area contributed by atoms with Gasteiger partial charge in [0.05, 0.1) is 26.4 Å². The summed E-state index contributed by atoms with van der Waals surface area (Å²) >= 11 is 1.75. The van der Waals surface area contributed by atoms with Gasteiger partial charge in [-0.1, -0.05) is 29.8 Å². The van der Waals surface area contributed by atoms with Crippen molar-refractivity contribution in [3.63, 3.8) is 0 Å². The van der Waals surface area contributed by atoms with E-state index in [9.17, 15) is 4.79 Å². The fraction of sp³-hybridized carbons (Fsp3) is 0.533. The van der Waals surface area contributed by atoms with Crippen molar-refractivity contribution in [2.75, 3.05) is 32.9 Å². The molecule has 0 aromatic heterocycles. The van der Waals surface area contributed by atoms with Gasteiger partial charge in [0.1, 0.15) is 5.37 Å². The van der Waals surface area contributed by atoms with Crippen molar-refractivity contribution in [3.05, 3.63) is 35.4 Å². The lowest BCUT2D eigenvalue weighted by atomic mass is 10.1. The van der Waals surface area contributed by atoms with Gasteiger partial charge >= 0.3 is 0 Å². The van der Waals surface area contributed by atoms with Crippen molar-refractivity contribution in [2.45, 2.75) is 18.7 Å². The molecule has 0 aliphatic carbocycles. The van der Waals surface area contributed by atoms with Crippen LogP contribution in [0.15, 0.2) is 24.3 Å². The largest absolute Gasteiger partial charge is 0.340 e. The molecule has 3 nitrogen and oxygen atoms in total. The van der Waals surface area contributed by atoms with Crippen molar-refractivity contribution in [3.8, 4) is 0 Å². The first-order valence-electron chi connectivity index (χ1n) is 6.84. The van der Waals surface area contributed by atoms with Gasteiger partial charge in [0.2, 0.25) is 5.91 Å². The number of nitrogens with one attached hydrogen (secondary N) is 1. The molecule has 1 atom stereocenters. The zero-order valence-electron chi connectivity index (χ0n) is 12.0. The smallest absolute Gasteiger partial charge is 0.233 e. The molecule has 0 radical (unpaired) electrons. The molecular weight excluding hydrogens is 256 g/mol. The highest BCUT2D eigenvalue weighted by Crippen LogP contribution is 2.38. The maximum atomic E-state index is 12.0. The molecule has 1 N–H and O–H groups in total. The predicted molar refractivity (Wildman–Crippen MR) is 80.4 cm³/mol. The van der Waals surface area contributed by atoms with E-state index < -0.39 is 0 Å². The van der Waals surface area contributed by atoms with Crippen LogP contribution in [-0.4, -0.2) is 43.7 Å². The van der Waals surface area contributed by atoms with E-state index >= 15 is 0 Å². The number of amides is 1. The van der Waals surface area contributed by atoms with Crippen LogP contribution in [0.4, 0.5) is 0 Å². The number of hydrogen-bond acceptors (Lipinski definition) is 2. The Bertz CT molecular complexity index is 430. The van der Waals surface area contributed by atoms with Crippen LogP contribution in [0.5, 0.6) is 0 Å². The third kappa shape index (κ3) is 3.74. The fourth-order valence-corrected chi connectivity index (χ4v) is 3.52. The molecule has 1 fully saturated rings. The second-order valence-electron chi connectivity index (χ2n) is 5.47. The van der Waals surface area contributed by atoms with Gasteiger partial charge in [0.25, 0.3) is 0 Å². The Kier molecular flexibility index (Phi) is 4.88. The summed E-state index contributed by atoms with van der Waals surface area (Å²) in [6.07, 6.45) is 1.07. The number of carbonyl (C=O) groups excluding carboxylic acids is 1. The van der Waals surface area contributed by atoms with Crippen LogP contribution in [0.25, 0.3) is 0 Å². The Morgan fingerprint density at radius 3 is 2.63 bits per heavy atom. The minimum absolute atomic E-state index is 0.213. The summed E-state index contributed by atoms with van der Waals surface area (Å²) < 4.78 is 0. The Morgan fingerprint density at radius 1 is 1.32 bits per heavy atom. The summed E-state index contributed by atoms with van der Waals surface area (Å²) in [7, 11) is 4.30. The SMILES string of the molecule is Cc1ccc([C@@H]2SCC(=O)N2CCC[NH+](C)C)cc1. The average molecular weight is 279 g/mol. The highest BCUT2D eigenvalue weighted by Gasteiger charge is 2.32. The number of carbonyl (C=O) groups is 1. The average Bonchev–Trinajstić information content (AvgIpc) is 2.72. The van der Waals surface area contributed by atoms with Gasteiger partial charge in [-0.3, -0.25) is 4.79 Å². The first-order valence-corrected chi connectivity index (χ1v) is 7.89.